The van der Waals surface area contributed by atoms with Gasteiger partial charge in [0.2, 0.25) is 9.84 Å². The molecule has 0 atom stereocenters. The Morgan fingerprint density at radius 1 is 0.938 bits per heavy atom. The second-order valence-electron chi connectivity index (χ2n) is 6.42. The molecule has 0 radical (unpaired) electrons. The lowest BCUT2D eigenvalue weighted by Crippen LogP contribution is -2.20. The zero-order valence-corrected chi connectivity index (χ0v) is 17.1. The van der Waals surface area contributed by atoms with Gasteiger partial charge < -0.3 is 21.6 Å². The molecule has 3 rings (SSSR count). The number of benzene rings is 3. The highest BCUT2D eigenvalue weighted by atomic mass is 32.2. The molecular weight excluding hydrogens is 438 g/mol. The van der Waals surface area contributed by atoms with Crippen molar-refractivity contribution < 1.29 is 23.3 Å². The summed E-state index contributed by atoms with van der Waals surface area (Å²) in [4.78, 5) is 22.2. The van der Waals surface area contributed by atoms with Crippen LogP contribution < -0.4 is 16.4 Å². The smallest absolute Gasteiger partial charge is 0.323 e. The molecular formula is C20H17N5O6S. The van der Waals surface area contributed by atoms with E-state index in [2.05, 4.69) is 15.8 Å². The Morgan fingerprint density at radius 3 is 2.06 bits per heavy atom. The van der Waals surface area contributed by atoms with Gasteiger partial charge in [0.25, 0.3) is 5.69 Å². The summed E-state index contributed by atoms with van der Waals surface area (Å²) in [7, 11) is -3.89. The summed E-state index contributed by atoms with van der Waals surface area (Å²) in [5.74, 6) is -0.112. The Balaban J connectivity index is 1.70. The number of anilines is 2. The van der Waals surface area contributed by atoms with E-state index >= 15 is 0 Å². The van der Waals surface area contributed by atoms with Crippen LogP contribution in [0, 0.1) is 10.1 Å². The fourth-order valence-corrected chi connectivity index (χ4v) is 3.97. The summed E-state index contributed by atoms with van der Waals surface area (Å²) in [5, 5.41) is 27.5. The van der Waals surface area contributed by atoms with E-state index in [1.807, 2.05) is 0 Å². The third kappa shape index (κ3) is 4.99. The number of nitrogens with zero attached hydrogens (tertiary/aromatic N) is 2. The van der Waals surface area contributed by atoms with Crippen molar-refractivity contribution in [3.05, 3.63) is 88.5 Å². The van der Waals surface area contributed by atoms with Crippen LogP contribution in [0.5, 0.6) is 0 Å². The number of sulfone groups is 1. The van der Waals surface area contributed by atoms with Crippen LogP contribution in [-0.4, -0.2) is 30.4 Å². The Kier molecular flexibility index (Phi) is 6.35. The lowest BCUT2D eigenvalue weighted by molar-refractivity contribution is -0.384. The first-order valence-corrected chi connectivity index (χ1v) is 10.4. The topological polar surface area (TPSA) is 177 Å². The minimum absolute atomic E-state index is 0.0382. The summed E-state index contributed by atoms with van der Waals surface area (Å²) in [5.41, 5.74) is 6.44. The highest BCUT2D eigenvalue weighted by Gasteiger charge is 2.19. The minimum Gasteiger partial charge on any atom is -0.409 e. The molecule has 0 saturated heterocycles. The molecule has 0 bridgehead atoms. The number of carbonyl (C=O) groups is 1. The molecule has 3 aromatic carbocycles. The van der Waals surface area contributed by atoms with Gasteiger partial charge in [0.1, 0.15) is 0 Å². The summed E-state index contributed by atoms with van der Waals surface area (Å²) in [6, 6.07) is 15.7. The van der Waals surface area contributed by atoms with Crippen molar-refractivity contribution in [2.75, 3.05) is 10.6 Å². The van der Waals surface area contributed by atoms with Crippen LogP contribution in [0.3, 0.4) is 0 Å². The predicted octanol–water partition coefficient (Wildman–Crippen LogP) is 3.17. The normalized spacial score (nSPS) is 11.6. The molecule has 0 aliphatic heterocycles. The highest BCUT2D eigenvalue weighted by molar-refractivity contribution is 7.91. The Hall–Kier alpha value is -4.45. The highest BCUT2D eigenvalue weighted by Crippen LogP contribution is 2.24. The van der Waals surface area contributed by atoms with Gasteiger partial charge in [0.15, 0.2) is 5.84 Å². The van der Waals surface area contributed by atoms with Gasteiger partial charge in [0, 0.05) is 29.1 Å². The number of urea groups is 1. The lowest BCUT2D eigenvalue weighted by Gasteiger charge is -2.10. The number of nitrogens with one attached hydrogen (secondary N) is 2. The van der Waals surface area contributed by atoms with Crippen LogP contribution in [0.25, 0.3) is 0 Å². The van der Waals surface area contributed by atoms with E-state index in [9.17, 15) is 23.3 Å². The van der Waals surface area contributed by atoms with Gasteiger partial charge >= 0.3 is 6.03 Å². The van der Waals surface area contributed by atoms with Crippen molar-refractivity contribution in [2.45, 2.75) is 9.79 Å². The summed E-state index contributed by atoms with van der Waals surface area (Å²) < 4.78 is 25.4. The first-order chi connectivity index (χ1) is 15.2. The fraction of sp³-hybridized carbons (Fsp3) is 0. The van der Waals surface area contributed by atoms with Crippen molar-refractivity contribution in [1.82, 2.24) is 0 Å². The van der Waals surface area contributed by atoms with E-state index in [0.717, 1.165) is 24.3 Å². The van der Waals surface area contributed by atoms with Gasteiger partial charge in [-0.2, -0.15) is 0 Å². The van der Waals surface area contributed by atoms with Gasteiger partial charge in [-0.3, -0.25) is 10.1 Å². The standard InChI is InChI=1S/C20H17N5O6S/c21-19(24-27)13-2-1-3-15(12-13)23-20(26)22-14-4-8-17(9-5-14)32(30,31)18-10-6-16(7-11-18)25(28)29/h1-12,27H,(H2,21,24)(H2,22,23,26). The second kappa shape index (κ2) is 9.14. The van der Waals surface area contributed by atoms with E-state index < -0.39 is 20.8 Å². The predicted molar refractivity (Wildman–Crippen MR) is 117 cm³/mol. The fourth-order valence-electron chi connectivity index (χ4n) is 2.71. The van der Waals surface area contributed by atoms with E-state index in [4.69, 9.17) is 10.9 Å². The van der Waals surface area contributed by atoms with Crippen LogP contribution in [-0.2, 0) is 9.84 Å². The van der Waals surface area contributed by atoms with Gasteiger partial charge in [-0.15, -0.1) is 0 Å². The molecule has 5 N–H and O–H groups in total. The Bertz CT molecular complexity index is 1290. The SMILES string of the molecule is NC(=NO)c1cccc(NC(=O)Nc2ccc(S(=O)(=O)c3ccc([N+](=O)[O-])cc3)cc2)c1. The number of amides is 2. The molecule has 0 aromatic heterocycles. The molecule has 0 spiro atoms. The number of oxime groups is 1. The molecule has 3 aromatic rings. The third-order valence-corrected chi connectivity index (χ3v) is 6.09. The maximum Gasteiger partial charge on any atom is 0.323 e. The molecule has 12 heteroatoms. The number of hydrogen-bond donors (Lipinski definition) is 4. The van der Waals surface area contributed by atoms with E-state index in [0.29, 0.717) is 16.9 Å². The zero-order chi connectivity index (χ0) is 23.3. The molecule has 0 aliphatic carbocycles. The first kappa shape index (κ1) is 22.2. The molecule has 0 heterocycles. The summed E-state index contributed by atoms with van der Waals surface area (Å²) in [6.45, 7) is 0. The zero-order valence-electron chi connectivity index (χ0n) is 16.3. The van der Waals surface area contributed by atoms with Crippen LogP contribution in [0.2, 0.25) is 0 Å². The summed E-state index contributed by atoms with van der Waals surface area (Å²) in [6.07, 6.45) is 0. The molecule has 0 fully saturated rings. The Labute approximate surface area is 182 Å². The summed E-state index contributed by atoms with van der Waals surface area (Å²) >= 11 is 0. The molecule has 0 unspecified atom stereocenters. The quantitative estimate of drug-likeness (QED) is 0.145. The van der Waals surface area contributed by atoms with Gasteiger partial charge in [-0.25, -0.2) is 13.2 Å². The largest absolute Gasteiger partial charge is 0.409 e. The molecule has 11 nitrogen and oxygen atoms in total. The van der Waals surface area contributed by atoms with Crippen molar-refractivity contribution in [3.63, 3.8) is 0 Å². The van der Waals surface area contributed by atoms with Gasteiger partial charge in [-0.05, 0) is 48.5 Å². The number of amidine groups is 1. The average molecular weight is 455 g/mol. The lowest BCUT2D eigenvalue weighted by atomic mass is 10.2. The number of nitro benzene ring substituents is 1. The van der Waals surface area contributed by atoms with Crippen LogP contribution in [0.15, 0.2) is 87.7 Å². The van der Waals surface area contributed by atoms with E-state index in [1.54, 1.807) is 18.2 Å². The molecule has 164 valence electrons. The minimum atomic E-state index is -3.89. The average Bonchev–Trinajstić information content (AvgIpc) is 2.79. The number of non-ortho nitro benzene ring substituents is 1. The van der Waals surface area contributed by atoms with Crippen molar-refractivity contribution >= 4 is 38.8 Å². The van der Waals surface area contributed by atoms with Crippen LogP contribution in [0.1, 0.15) is 5.56 Å². The van der Waals surface area contributed by atoms with E-state index in [1.165, 1.54) is 30.3 Å². The van der Waals surface area contributed by atoms with Gasteiger partial charge in [0.05, 0.1) is 14.7 Å². The second-order valence-corrected chi connectivity index (χ2v) is 8.37. The van der Waals surface area contributed by atoms with Gasteiger partial charge in [-0.1, -0.05) is 17.3 Å². The Morgan fingerprint density at radius 2 is 1.50 bits per heavy atom. The molecule has 0 saturated carbocycles. The number of hydrogen-bond acceptors (Lipinski definition) is 7. The maximum absolute atomic E-state index is 12.7. The number of nitrogens with two attached hydrogens (primary N) is 1. The third-order valence-electron chi connectivity index (χ3n) is 4.30. The van der Waals surface area contributed by atoms with E-state index in [-0.39, 0.29) is 21.3 Å². The first-order valence-electron chi connectivity index (χ1n) is 8.96. The van der Waals surface area contributed by atoms with Crippen molar-refractivity contribution in [1.29, 1.82) is 0 Å². The molecule has 2 amide bonds. The molecule has 0 aliphatic rings. The maximum atomic E-state index is 12.7. The molecule has 32 heavy (non-hydrogen) atoms. The van der Waals surface area contributed by atoms with Crippen LogP contribution in [0.4, 0.5) is 21.9 Å². The number of rotatable bonds is 6. The monoisotopic (exact) mass is 455 g/mol. The van der Waals surface area contributed by atoms with Crippen LogP contribution >= 0.6 is 0 Å². The number of nitro groups is 1. The van der Waals surface area contributed by atoms with Crippen molar-refractivity contribution in [2.24, 2.45) is 10.9 Å². The van der Waals surface area contributed by atoms with Crippen molar-refractivity contribution in [3.8, 4) is 0 Å². The number of carbonyl (C=O) groups excluding carboxylic acids is 1.